The van der Waals surface area contributed by atoms with Crippen LogP contribution in [0.4, 0.5) is 18.9 Å². The maximum absolute atomic E-state index is 13.7. The number of carbonyl (C=O) groups excluding carboxylic acids is 2. The predicted octanol–water partition coefficient (Wildman–Crippen LogP) is 4.43. The van der Waals surface area contributed by atoms with E-state index < -0.39 is 41.5 Å². The second kappa shape index (κ2) is 9.22. The molecule has 0 spiro atoms. The highest BCUT2D eigenvalue weighted by Gasteiger charge is 2.22. The SMILES string of the molecule is CC(C)c1c(C(=O)NCC(=O)Nc2ccc(F)c(F)c2F)cnn1-c1cccc(Cl)c1. The summed E-state index contributed by atoms with van der Waals surface area (Å²) in [5.74, 6) is -6.07. The molecule has 1 aromatic heterocycles. The normalized spacial score (nSPS) is 10.9. The highest BCUT2D eigenvalue weighted by molar-refractivity contribution is 6.30. The third-order valence-electron chi connectivity index (χ3n) is 4.37. The van der Waals surface area contributed by atoms with Crippen LogP contribution < -0.4 is 10.6 Å². The van der Waals surface area contributed by atoms with Gasteiger partial charge in [0.05, 0.1) is 35.4 Å². The van der Waals surface area contributed by atoms with Gasteiger partial charge in [-0.05, 0) is 36.2 Å². The molecule has 0 saturated heterocycles. The topological polar surface area (TPSA) is 76.0 Å². The molecule has 0 aliphatic rings. The quantitative estimate of drug-likeness (QED) is 0.545. The van der Waals surface area contributed by atoms with Crippen molar-refractivity contribution in [1.29, 1.82) is 0 Å². The summed E-state index contributed by atoms with van der Waals surface area (Å²) >= 11 is 6.04. The van der Waals surface area contributed by atoms with E-state index in [2.05, 4.69) is 15.7 Å². The van der Waals surface area contributed by atoms with Crippen molar-refractivity contribution in [2.24, 2.45) is 0 Å². The molecule has 0 atom stereocenters. The van der Waals surface area contributed by atoms with Gasteiger partial charge in [0.1, 0.15) is 0 Å². The van der Waals surface area contributed by atoms with Gasteiger partial charge in [0.25, 0.3) is 5.91 Å². The van der Waals surface area contributed by atoms with Crippen molar-refractivity contribution in [3.05, 3.63) is 76.3 Å². The zero-order chi connectivity index (χ0) is 22.7. The molecule has 31 heavy (non-hydrogen) atoms. The van der Waals surface area contributed by atoms with Gasteiger partial charge >= 0.3 is 0 Å². The first-order valence-corrected chi connectivity index (χ1v) is 9.62. The Hall–Kier alpha value is -3.33. The van der Waals surface area contributed by atoms with E-state index in [0.29, 0.717) is 22.5 Å². The molecule has 0 saturated carbocycles. The van der Waals surface area contributed by atoms with Crippen LogP contribution in [-0.4, -0.2) is 28.1 Å². The number of nitrogens with one attached hydrogen (secondary N) is 2. The number of nitrogens with zero attached hydrogens (tertiary/aromatic N) is 2. The molecule has 2 amide bonds. The van der Waals surface area contributed by atoms with Gasteiger partial charge in [-0.2, -0.15) is 5.10 Å². The molecule has 0 aliphatic carbocycles. The molecule has 162 valence electrons. The minimum Gasteiger partial charge on any atom is -0.343 e. The minimum atomic E-state index is -1.70. The number of hydrogen-bond acceptors (Lipinski definition) is 3. The van der Waals surface area contributed by atoms with Gasteiger partial charge < -0.3 is 10.6 Å². The lowest BCUT2D eigenvalue weighted by Gasteiger charge is -2.13. The molecule has 0 unspecified atom stereocenters. The lowest BCUT2D eigenvalue weighted by molar-refractivity contribution is -0.115. The number of benzene rings is 2. The first-order valence-electron chi connectivity index (χ1n) is 9.24. The largest absolute Gasteiger partial charge is 0.343 e. The van der Waals surface area contributed by atoms with E-state index in [-0.39, 0.29) is 11.5 Å². The number of rotatable bonds is 6. The Morgan fingerprint density at radius 2 is 1.87 bits per heavy atom. The van der Waals surface area contributed by atoms with Crippen LogP contribution >= 0.6 is 11.6 Å². The zero-order valence-corrected chi connectivity index (χ0v) is 17.3. The highest BCUT2D eigenvalue weighted by atomic mass is 35.5. The van der Waals surface area contributed by atoms with Crippen molar-refractivity contribution in [2.75, 3.05) is 11.9 Å². The standard InChI is InChI=1S/C21H18ClF3N4O2/c1-11(2)20-14(9-27-29(20)13-5-3-4-12(22)8-13)21(31)26-10-17(30)28-16-7-6-15(23)18(24)19(16)25/h3-9,11H,10H2,1-2H3,(H,26,31)(H,28,30). The molecule has 2 N–H and O–H groups in total. The fraction of sp³-hybridized carbons (Fsp3) is 0.190. The van der Waals surface area contributed by atoms with Crippen molar-refractivity contribution in [2.45, 2.75) is 19.8 Å². The number of hydrogen-bond donors (Lipinski definition) is 2. The molecular formula is C21H18ClF3N4O2. The number of amides is 2. The fourth-order valence-corrected chi connectivity index (χ4v) is 3.16. The van der Waals surface area contributed by atoms with Crippen LogP contribution in [0.5, 0.6) is 0 Å². The van der Waals surface area contributed by atoms with Gasteiger partial charge in [-0.3, -0.25) is 9.59 Å². The third-order valence-corrected chi connectivity index (χ3v) is 4.60. The Balaban J connectivity index is 1.74. The first kappa shape index (κ1) is 22.4. The Morgan fingerprint density at radius 3 is 2.55 bits per heavy atom. The van der Waals surface area contributed by atoms with Crippen LogP contribution in [0, 0.1) is 17.5 Å². The second-order valence-electron chi connectivity index (χ2n) is 6.94. The highest BCUT2D eigenvalue weighted by Crippen LogP contribution is 2.24. The van der Waals surface area contributed by atoms with E-state index in [1.54, 1.807) is 28.9 Å². The number of carbonyl (C=O) groups is 2. The van der Waals surface area contributed by atoms with E-state index in [4.69, 9.17) is 11.6 Å². The zero-order valence-electron chi connectivity index (χ0n) is 16.5. The van der Waals surface area contributed by atoms with Crippen LogP contribution in [0.15, 0.2) is 42.6 Å². The lowest BCUT2D eigenvalue weighted by atomic mass is 10.1. The molecule has 0 radical (unpaired) electrons. The van der Waals surface area contributed by atoms with Gasteiger partial charge in [-0.1, -0.05) is 31.5 Å². The molecule has 0 aliphatic heterocycles. The van der Waals surface area contributed by atoms with E-state index in [1.807, 2.05) is 13.8 Å². The van der Waals surface area contributed by atoms with Gasteiger partial charge in [-0.25, -0.2) is 17.9 Å². The van der Waals surface area contributed by atoms with E-state index >= 15 is 0 Å². The smallest absolute Gasteiger partial charge is 0.255 e. The second-order valence-corrected chi connectivity index (χ2v) is 7.38. The molecule has 10 heteroatoms. The summed E-state index contributed by atoms with van der Waals surface area (Å²) < 4.78 is 41.5. The summed E-state index contributed by atoms with van der Waals surface area (Å²) in [6, 6.07) is 8.53. The monoisotopic (exact) mass is 450 g/mol. The van der Waals surface area contributed by atoms with Crippen molar-refractivity contribution in [3.8, 4) is 5.69 Å². The molecule has 3 aromatic rings. The summed E-state index contributed by atoms with van der Waals surface area (Å²) in [4.78, 5) is 24.7. The van der Waals surface area contributed by atoms with E-state index in [0.717, 1.165) is 6.07 Å². The van der Waals surface area contributed by atoms with Crippen LogP contribution in [0.2, 0.25) is 5.02 Å². The Morgan fingerprint density at radius 1 is 1.13 bits per heavy atom. The van der Waals surface area contributed by atoms with E-state index in [9.17, 15) is 22.8 Å². The first-order chi connectivity index (χ1) is 14.7. The average molecular weight is 451 g/mol. The molecule has 3 rings (SSSR count). The molecule has 0 fully saturated rings. The minimum absolute atomic E-state index is 0.0904. The Labute approximate surface area is 181 Å². The van der Waals surface area contributed by atoms with Crippen LogP contribution in [-0.2, 0) is 4.79 Å². The Bertz CT molecular complexity index is 1150. The van der Waals surface area contributed by atoms with Gasteiger partial charge in [-0.15, -0.1) is 0 Å². The number of halogens is 4. The van der Waals surface area contributed by atoms with Crippen molar-refractivity contribution in [3.63, 3.8) is 0 Å². The number of anilines is 1. The molecule has 6 nitrogen and oxygen atoms in total. The summed E-state index contributed by atoms with van der Waals surface area (Å²) in [6.07, 6.45) is 1.37. The third kappa shape index (κ3) is 4.88. The molecule has 1 heterocycles. The maximum atomic E-state index is 13.7. The van der Waals surface area contributed by atoms with Gasteiger partial charge in [0.15, 0.2) is 17.5 Å². The Kier molecular flexibility index (Phi) is 6.65. The van der Waals surface area contributed by atoms with Gasteiger partial charge in [0, 0.05) is 5.02 Å². The van der Waals surface area contributed by atoms with E-state index in [1.165, 1.54) is 6.20 Å². The predicted molar refractivity (Wildman–Crippen MR) is 110 cm³/mol. The van der Waals surface area contributed by atoms with Crippen LogP contribution in [0.3, 0.4) is 0 Å². The van der Waals surface area contributed by atoms with Crippen LogP contribution in [0.1, 0.15) is 35.8 Å². The average Bonchev–Trinajstić information content (AvgIpc) is 3.18. The van der Waals surface area contributed by atoms with Crippen molar-refractivity contribution >= 4 is 29.1 Å². The maximum Gasteiger partial charge on any atom is 0.255 e. The van der Waals surface area contributed by atoms with Gasteiger partial charge in [0.2, 0.25) is 5.91 Å². The summed E-state index contributed by atoms with van der Waals surface area (Å²) in [7, 11) is 0. The molecule has 0 bridgehead atoms. The molecule has 2 aromatic carbocycles. The number of aromatic nitrogens is 2. The lowest BCUT2D eigenvalue weighted by Crippen LogP contribution is -2.33. The summed E-state index contributed by atoms with van der Waals surface area (Å²) in [6.45, 7) is 3.25. The van der Waals surface area contributed by atoms with Crippen molar-refractivity contribution in [1.82, 2.24) is 15.1 Å². The molecular weight excluding hydrogens is 433 g/mol. The summed E-state index contributed by atoms with van der Waals surface area (Å²) in [5.41, 5.74) is 0.991. The van der Waals surface area contributed by atoms with Crippen molar-refractivity contribution < 1.29 is 22.8 Å². The summed E-state index contributed by atoms with van der Waals surface area (Å²) in [5, 5.41) is 9.28. The fourth-order valence-electron chi connectivity index (χ4n) is 2.97. The van der Waals surface area contributed by atoms with Crippen LogP contribution in [0.25, 0.3) is 5.69 Å².